The molecule has 2 heteroatoms. The van der Waals surface area contributed by atoms with Gasteiger partial charge in [-0.15, -0.1) is 0 Å². The molecule has 1 aromatic rings. The van der Waals surface area contributed by atoms with E-state index in [-0.39, 0.29) is 6.04 Å². The molecule has 0 fully saturated rings. The molecular weight excluding hydrogens is 202 g/mol. The lowest BCUT2D eigenvalue weighted by molar-refractivity contribution is 0.299. The van der Waals surface area contributed by atoms with Crippen LogP contribution in [0.25, 0.3) is 0 Å². The molecule has 2 N–H and O–H groups in total. The second-order valence-corrected chi connectivity index (χ2v) is 6.12. The highest BCUT2D eigenvalue weighted by molar-refractivity contribution is 7.07. The van der Waals surface area contributed by atoms with Crippen LogP contribution in [0, 0.1) is 5.41 Å². The second kappa shape index (κ2) is 4.11. The van der Waals surface area contributed by atoms with Crippen molar-refractivity contribution in [1.82, 2.24) is 0 Å². The fraction of sp³-hybridized carbons (Fsp3) is 0.538. The molecule has 1 unspecified atom stereocenters. The van der Waals surface area contributed by atoms with E-state index < -0.39 is 0 Å². The van der Waals surface area contributed by atoms with E-state index in [0.29, 0.717) is 5.41 Å². The van der Waals surface area contributed by atoms with Gasteiger partial charge in [-0.1, -0.05) is 25.5 Å². The van der Waals surface area contributed by atoms with Crippen LogP contribution in [-0.2, 0) is 6.42 Å². The van der Waals surface area contributed by atoms with Crippen LogP contribution in [-0.4, -0.2) is 6.04 Å². The normalized spacial score (nSPS) is 25.0. The Morgan fingerprint density at radius 1 is 1.53 bits per heavy atom. The second-order valence-electron chi connectivity index (χ2n) is 5.34. The van der Waals surface area contributed by atoms with E-state index in [0.717, 1.165) is 12.8 Å². The van der Waals surface area contributed by atoms with E-state index in [9.17, 15) is 0 Å². The van der Waals surface area contributed by atoms with E-state index >= 15 is 0 Å². The maximum Gasteiger partial charge on any atom is 0.0231 e. The Balaban J connectivity index is 2.09. The van der Waals surface area contributed by atoms with Crippen LogP contribution in [0.15, 0.2) is 28.5 Å². The van der Waals surface area contributed by atoms with Crippen LogP contribution >= 0.6 is 11.3 Å². The zero-order valence-electron chi connectivity index (χ0n) is 9.49. The van der Waals surface area contributed by atoms with Crippen LogP contribution < -0.4 is 5.73 Å². The van der Waals surface area contributed by atoms with E-state index in [2.05, 4.69) is 36.7 Å². The lowest BCUT2D eigenvalue weighted by atomic mass is 9.74. The molecule has 1 aromatic heterocycles. The highest BCUT2D eigenvalue weighted by atomic mass is 32.1. The first-order valence-electron chi connectivity index (χ1n) is 5.51. The van der Waals surface area contributed by atoms with Gasteiger partial charge >= 0.3 is 0 Å². The van der Waals surface area contributed by atoms with Gasteiger partial charge in [-0.3, -0.25) is 0 Å². The number of nitrogens with two attached hydrogens (primary N) is 1. The summed E-state index contributed by atoms with van der Waals surface area (Å²) in [7, 11) is 0. The van der Waals surface area contributed by atoms with Crippen molar-refractivity contribution >= 4 is 11.3 Å². The third-order valence-corrected chi connectivity index (χ3v) is 3.69. The molecule has 15 heavy (non-hydrogen) atoms. The van der Waals surface area contributed by atoms with Gasteiger partial charge in [0.1, 0.15) is 0 Å². The molecule has 0 saturated heterocycles. The van der Waals surface area contributed by atoms with Gasteiger partial charge in [-0.2, -0.15) is 11.3 Å². The third-order valence-electron chi connectivity index (χ3n) is 2.95. The maximum absolute atomic E-state index is 6.06. The van der Waals surface area contributed by atoms with Gasteiger partial charge in [0, 0.05) is 6.04 Å². The van der Waals surface area contributed by atoms with Gasteiger partial charge in [0.05, 0.1) is 0 Å². The predicted molar refractivity (Wildman–Crippen MR) is 67.1 cm³/mol. The molecule has 0 spiro atoms. The molecule has 0 radical (unpaired) electrons. The molecule has 1 atom stereocenters. The summed E-state index contributed by atoms with van der Waals surface area (Å²) in [5.41, 5.74) is 9.37. The minimum Gasteiger partial charge on any atom is -0.324 e. The molecule has 0 bridgehead atoms. The van der Waals surface area contributed by atoms with E-state index in [4.69, 9.17) is 5.73 Å². The van der Waals surface area contributed by atoms with Crippen molar-refractivity contribution in [3.8, 4) is 0 Å². The average molecular weight is 221 g/mol. The molecule has 2 rings (SSSR count). The molecule has 0 saturated carbocycles. The predicted octanol–water partition coefficient (Wildman–Crippen LogP) is 3.36. The van der Waals surface area contributed by atoms with Gasteiger partial charge in [-0.25, -0.2) is 0 Å². The average Bonchev–Trinajstić information content (AvgIpc) is 2.52. The highest BCUT2D eigenvalue weighted by Gasteiger charge is 2.26. The fourth-order valence-corrected chi connectivity index (χ4v) is 3.19. The minimum atomic E-state index is 0.252. The zero-order chi connectivity index (χ0) is 10.9. The highest BCUT2D eigenvalue weighted by Crippen LogP contribution is 2.36. The van der Waals surface area contributed by atoms with Gasteiger partial charge in [-0.05, 0) is 47.1 Å². The third kappa shape index (κ3) is 2.93. The van der Waals surface area contributed by atoms with Crippen LogP contribution in [0.3, 0.4) is 0 Å². The molecule has 1 heterocycles. The van der Waals surface area contributed by atoms with Crippen LogP contribution in [0.2, 0.25) is 0 Å². The summed E-state index contributed by atoms with van der Waals surface area (Å²) < 4.78 is 0. The summed E-state index contributed by atoms with van der Waals surface area (Å²) in [6.45, 7) is 4.63. The summed E-state index contributed by atoms with van der Waals surface area (Å²) in [5, 5.41) is 4.37. The zero-order valence-corrected chi connectivity index (χ0v) is 10.3. The largest absolute Gasteiger partial charge is 0.324 e. The first kappa shape index (κ1) is 10.9. The van der Waals surface area contributed by atoms with E-state index in [1.165, 1.54) is 17.6 Å². The minimum absolute atomic E-state index is 0.252. The molecule has 82 valence electrons. The first-order chi connectivity index (χ1) is 7.05. The molecule has 0 amide bonds. The molecular formula is C13H19NS. The number of rotatable bonds is 2. The van der Waals surface area contributed by atoms with Crippen molar-refractivity contribution in [3.05, 3.63) is 34.0 Å². The quantitative estimate of drug-likeness (QED) is 0.761. The Bertz CT molecular complexity index is 349. The lowest BCUT2D eigenvalue weighted by Crippen LogP contribution is -2.31. The fourth-order valence-electron chi connectivity index (χ4n) is 2.52. The van der Waals surface area contributed by atoms with Crippen LogP contribution in [0.1, 0.15) is 32.3 Å². The first-order valence-corrected chi connectivity index (χ1v) is 6.46. The van der Waals surface area contributed by atoms with E-state index in [1.54, 1.807) is 11.3 Å². The van der Waals surface area contributed by atoms with Crippen molar-refractivity contribution in [2.75, 3.05) is 0 Å². The molecule has 0 aromatic carbocycles. The van der Waals surface area contributed by atoms with Crippen LogP contribution in [0.4, 0.5) is 0 Å². The Morgan fingerprint density at radius 2 is 2.33 bits per heavy atom. The number of hydrogen-bond donors (Lipinski definition) is 1. The van der Waals surface area contributed by atoms with Gasteiger partial charge < -0.3 is 5.73 Å². The van der Waals surface area contributed by atoms with E-state index in [1.807, 2.05) is 0 Å². The SMILES string of the molecule is CC1(C)CC(Cc2ccsc2)=CC(N)C1. The van der Waals surface area contributed by atoms with Crippen molar-refractivity contribution in [2.24, 2.45) is 11.1 Å². The molecule has 1 nitrogen and oxygen atoms in total. The smallest absolute Gasteiger partial charge is 0.0231 e. The Labute approximate surface area is 96.0 Å². The van der Waals surface area contributed by atoms with Crippen LogP contribution in [0.5, 0.6) is 0 Å². The molecule has 1 aliphatic rings. The van der Waals surface area contributed by atoms with Crippen molar-refractivity contribution in [2.45, 2.75) is 39.2 Å². The Kier molecular flexibility index (Phi) is 2.98. The summed E-state index contributed by atoms with van der Waals surface area (Å²) >= 11 is 1.77. The Morgan fingerprint density at radius 3 is 2.93 bits per heavy atom. The van der Waals surface area contributed by atoms with Crippen molar-refractivity contribution in [1.29, 1.82) is 0 Å². The topological polar surface area (TPSA) is 26.0 Å². The maximum atomic E-state index is 6.06. The number of hydrogen-bond acceptors (Lipinski definition) is 2. The monoisotopic (exact) mass is 221 g/mol. The summed E-state index contributed by atoms with van der Waals surface area (Å²) in [6.07, 6.45) is 5.65. The lowest BCUT2D eigenvalue weighted by Gasteiger charge is -2.33. The summed E-state index contributed by atoms with van der Waals surface area (Å²) in [4.78, 5) is 0. The molecule has 1 aliphatic carbocycles. The van der Waals surface area contributed by atoms with Gasteiger partial charge in [0.25, 0.3) is 0 Å². The summed E-state index contributed by atoms with van der Waals surface area (Å²) in [6, 6.07) is 2.46. The Hall–Kier alpha value is -0.600. The summed E-state index contributed by atoms with van der Waals surface area (Å²) in [5.74, 6) is 0. The van der Waals surface area contributed by atoms with Crippen molar-refractivity contribution < 1.29 is 0 Å². The number of thiophene rings is 1. The number of allylic oxidation sites excluding steroid dienone is 1. The van der Waals surface area contributed by atoms with Gasteiger partial charge in [0.2, 0.25) is 0 Å². The van der Waals surface area contributed by atoms with Crippen molar-refractivity contribution in [3.63, 3.8) is 0 Å². The standard InChI is InChI=1S/C13H19NS/c1-13(2)7-11(6-12(14)8-13)5-10-3-4-15-9-10/h3-4,6,9,12H,5,7-8,14H2,1-2H3. The van der Waals surface area contributed by atoms with Gasteiger partial charge in [0.15, 0.2) is 0 Å². The molecule has 0 aliphatic heterocycles.